The number of hydrogen-bond acceptors (Lipinski definition) is 5. The Bertz CT molecular complexity index is 182. The summed E-state index contributed by atoms with van der Waals surface area (Å²) < 4.78 is 31.5. The third-order valence-electron chi connectivity index (χ3n) is 0.219. The molecule has 0 radical (unpaired) electrons. The van der Waals surface area contributed by atoms with Gasteiger partial charge in [0.15, 0.2) is 0 Å². The summed E-state index contributed by atoms with van der Waals surface area (Å²) in [6, 6.07) is 0. The van der Waals surface area contributed by atoms with Crippen molar-refractivity contribution >= 4 is 16.4 Å². The van der Waals surface area contributed by atoms with E-state index in [1.807, 2.05) is 0 Å². The molecule has 0 aliphatic heterocycles. The van der Waals surface area contributed by atoms with E-state index in [0.29, 0.717) is 0 Å². The Morgan fingerprint density at radius 2 is 1.80 bits per heavy atom. The Kier molecular flexibility index (Phi) is 10.2. The Labute approximate surface area is 80.1 Å². The minimum atomic E-state index is -4.82. The van der Waals surface area contributed by atoms with Gasteiger partial charge in [0.2, 0.25) is 0 Å². The maximum atomic E-state index is 9.66. The monoisotopic (exact) mass is 180 g/mol. The van der Waals surface area contributed by atoms with Gasteiger partial charge in [-0.15, -0.1) is 0 Å². The molecule has 0 spiro atoms. The van der Waals surface area contributed by atoms with Gasteiger partial charge in [-0.1, -0.05) is 0 Å². The summed E-state index contributed by atoms with van der Waals surface area (Å²) in [6.07, 6.45) is 0. The second-order valence-electron chi connectivity index (χ2n) is 0.983. The van der Waals surface area contributed by atoms with Gasteiger partial charge in [0.1, 0.15) is 0 Å². The summed E-state index contributed by atoms with van der Waals surface area (Å²) in [4.78, 5) is 9.66. The largest absolute Gasteiger partial charge is 1.00 e. The van der Waals surface area contributed by atoms with Gasteiger partial charge >= 0.3 is 35.5 Å². The van der Waals surface area contributed by atoms with Crippen molar-refractivity contribution in [3.05, 3.63) is 0 Å². The van der Waals surface area contributed by atoms with E-state index in [4.69, 9.17) is 0 Å². The van der Waals surface area contributed by atoms with Crippen molar-refractivity contribution in [2.24, 2.45) is 0 Å². The fraction of sp³-hybridized carbons (Fsp3) is 0.500. The van der Waals surface area contributed by atoms with Crippen LogP contribution in [0.25, 0.3) is 0 Å². The van der Waals surface area contributed by atoms with E-state index < -0.39 is 16.4 Å². The molecule has 56 valence electrons. The van der Waals surface area contributed by atoms with E-state index in [9.17, 15) is 17.8 Å². The minimum absolute atomic E-state index is 0. The average Bonchev–Trinajstić information content (AvgIpc) is 1.21. The van der Waals surface area contributed by atoms with Gasteiger partial charge in [0.25, 0.3) is 10.4 Å². The van der Waals surface area contributed by atoms with Crippen molar-refractivity contribution in [3.63, 3.8) is 0 Å². The van der Waals surface area contributed by atoms with Crippen LogP contribution in [0.4, 0.5) is 0 Å². The summed E-state index contributed by atoms with van der Waals surface area (Å²) in [5.74, 6) is -1.13. The van der Waals surface area contributed by atoms with Crippen LogP contribution in [0.2, 0.25) is 0 Å². The smallest absolute Gasteiger partial charge is 0.716 e. The predicted octanol–water partition coefficient (Wildman–Crippen LogP) is -4.81. The van der Waals surface area contributed by atoms with Gasteiger partial charge in [0, 0.05) is 6.92 Å². The average molecular weight is 180 g/mol. The zero-order chi connectivity index (χ0) is 6.78. The standard InChI is InChI=1S/C2H4O5S.Na.H2O/c1-2(3)7-8(4,5)6;;/h1H3,(H,4,5,6);;1H2/q;+1;/p-1. The predicted molar refractivity (Wildman–Crippen MR) is 25.1 cm³/mol. The maximum absolute atomic E-state index is 9.66. The number of carbonyl (C=O) groups is 1. The van der Waals surface area contributed by atoms with E-state index >= 15 is 0 Å². The molecule has 0 atom stereocenters. The van der Waals surface area contributed by atoms with Crippen LogP contribution in [0.5, 0.6) is 0 Å². The zero-order valence-electron chi connectivity index (χ0n) is 5.45. The van der Waals surface area contributed by atoms with Gasteiger partial charge in [-0.05, 0) is 0 Å². The Balaban J connectivity index is -0.000000245. The molecule has 0 rings (SSSR count). The summed E-state index contributed by atoms with van der Waals surface area (Å²) in [5, 5.41) is 0. The van der Waals surface area contributed by atoms with Crippen molar-refractivity contribution in [1.82, 2.24) is 0 Å². The maximum Gasteiger partial charge on any atom is 1.00 e. The van der Waals surface area contributed by atoms with E-state index in [2.05, 4.69) is 4.18 Å². The summed E-state index contributed by atoms with van der Waals surface area (Å²) in [6.45, 7) is 0.829. The van der Waals surface area contributed by atoms with Crippen LogP contribution < -0.4 is 29.6 Å². The molecule has 0 heterocycles. The van der Waals surface area contributed by atoms with Crippen molar-refractivity contribution in [2.45, 2.75) is 6.92 Å². The number of carbonyl (C=O) groups excluding carboxylic acids is 1. The minimum Gasteiger partial charge on any atom is -0.716 e. The molecule has 0 fully saturated rings. The molecule has 0 bridgehead atoms. The molecule has 0 aromatic rings. The first-order valence-electron chi connectivity index (χ1n) is 1.57. The third kappa shape index (κ3) is 15.8. The Hall–Kier alpha value is 0.340. The van der Waals surface area contributed by atoms with Crippen LogP contribution in [-0.4, -0.2) is 24.4 Å². The van der Waals surface area contributed by atoms with Gasteiger partial charge < -0.3 is 14.2 Å². The molecule has 0 saturated carbocycles. The van der Waals surface area contributed by atoms with E-state index in [1.165, 1.54) is 0 Å². The SMILES string of the molecule is CC(=O)OS(=O)(=O)[O-].O.[Na+]. The molecule has 0 amide bonds. The van der Waals surface area contributed by atoms with Crippen LogP contribution in [0.15, 0.2) is 0 Å². The van der Waals surface area contributed by atoms with Gasteiger partial charge in [0.05, 0.1) is 0 Å². The first-order chi connectivity index (χ1) is 3.42. The molecule has 0 aromatic heterocycles. The summed E-state index contributed by atoms with van der Waals surface area (Å²) in [5.41, 5.74) is 0. The second-order valence-corrected chi connectivity index (χ2v) is 1.97. The molecule has 0 unspecified atom stereocenters. The van der Waals surface area contributed by atoms with Crippen molar-refractivity contribution in [1.29, 1.82) is 0 Å². The zero-order valence-corrected chi connectivity index (χ0v) is 8.27. The van der Waals surface area contributed by atoms with Crippen molar-refractivity contribution < 1.29 is 57.0 Å². The molecule has 10 heavy (non-hydrogen) atoms. The van der Waals surface area contributed by atoms with Crippen molar-refractivity contribution in [3.8, 4) is 0 Å². The van der Waals surface area contributed by atoms with Crippen LogP contribution in [0, 0.1) is 0 Å². The summed E-state index contributed by atoms with van der Waals surface area (Å²) in [7, 11) is -4.82. The molecule has 2 N–H and O–H groups in total. The molecular formula is C2H5NaO6S. The van der Waals surface area contributed by atoms with Crippen molar-refractivity contribution in [2.75, 3.05) is 0 Å². The normalized spacial score (nSPS) is 8.60. The Morgan fingerprint density at radius 1 is 1.50 bits per heavy atom. The number of rotatable bonds is 1. The first kappa shape index (κ1) is 16.7. The Morgan fingerprint density at radius 3 is 1.80 bits per heavy atom. The second kappa shape index (κ2) is 6.08. The molecule has 0 aromatic carbocycles. The first-order valence-corrected chi connectivity index (χ1v) is 2.91. The van der Waals surface area contributed by atoms with Crippen LogP contribution >= 0.6 is 0 Å². The fourth-order valence-corrected chi connectivity index (χ4v) is 0.431. The molecule has 8 heteroatoms. The fourth-order valence-electron chi connectivity index (χ4n) is 0.144. The van der Waals surface area contributed by atoms with Crippen LogP contribution in [-0.2, 0) is 19.4 Å². The van der Waals surface area contributed by atoms with Gasteiger partial charge in [-0.2, -0.15) is 0 Å². The molecule has 6 nitrogen and oxygen atoms in total. The van der Waals surface area contributed by atoms with Crippen LogP contribution in [0.3, 0.4) is 0 Å². The molecular weight excluding hydrogens is 175 g/mol. The van der Waals surface area contributed by atoms with Crippen LogP contribution in [0.1, 0.15) is 6.92 Å². The van der Waals surface area contributed by atoms with E-state index in [-0.39, 0.29) is 35.0 Å². The van der Waals surface area contributed by atoms with E-state index in [1.54, 1.807) is 0 Å². The quantitative estimate of drug-likeness (QED) is 0.228. The summed E-state index contributed by atoms with van der Waals surface area (Å²) >= 11 is 0. The van der Waals surface area contributed by atoms with E-state index in [0.717, 1.165) is 6.92 Å². The molecule has 0 aliphatic rings. The van der Waals surface area contributed by atoms with Gasteiger partial charge in [-0.25, -0.2) is 8.42 Å². The van der Waals surface area contributed by atoms with Gasteiger partial charge in [-0.3, -0.25) is 4.79 Å². The topological polar surface area (TPSA) is 115 Å². The number of hydrogen-bond donors (Lipinski definition) is 0. The molecule has 0 saturated heterocycles. The third-order valence-corrected chi connectivity index (χ3v) is 0.658. The molecule has 0 aliphatic carbocycles.